The SMILES string of the molecule is CC(=O)OC[C@H]1O[C@@H](n2cc3c4c(ncnc42)NC(=O)C=C3N)C(C)(OC(C)=O)[C@@H]1OC(C)=O. The molecule has 4 atom stereocenters. The van der Waals surface area contributed by atoms with Crippen molar-refractivity contribution < 1.29 is 38.1 Å². The summed E-state index contributed by atoms with van der Waals surface area (Å²) in [6.45, 7) is 4.92. The van der Waals surface area contributed by atoms with Crippen molar-refractivity contribution in [3.05, 3.63) is 24.2 Å². The highest BCUT2D eigenvalue weighted by Crippen LogP contribution is 2.46. The Morgan fingerprint density at radius 2 is 1.94 bits per heavy atom. The summed E-state index contributed by atoms with van der Waals surface area (Å²) in [5.41, 5.74) is 5.51. The van der Waals surface area contributed by atoms with Gasteiger partial charge in [-0.2, -0.15) is 0 Å². The van der Waals surface area contributed by atoms with Crippen LogP contribution < -0.4 is 11.1 Å². The van der Waals surface area contributed by atoms with Crippen molar-refractivity contribution in [1.29, 1.82) is 0 Å². The molecule has 0 saturated carbocycles. The molecule has 1 fully saturated rings. The van der Waals surface area contributed by atoms with E-state index >= 15 is 0 Å². The lowest BCUT2D eigenvalue weighted by molar-refractivity contribution is -0.184. The number of aromatic nitrogens is 3. The molecule has 2 aliphatic rings. The van der Waals surface area contributed by atoms with E-state index in [1.165, 1.54) is 33.2 Å². The maximum absolute atomic E-state index is 12.1. The number of nitrogens with zero attached hydrogens (tertiary/aromatic N) is 3. The van der Waals surface area contributed by atoms with Crippen LogP contribution >= 0.6 is 0 Å². The molecule has 180 valence electrons. The van der Waals surface area contributed by atoms with E-state index in [1.807, 2.05) is 0 Å². The predicted molar refractivity (Wildman–Crippen MR) is 115 cm³/mol. The topological polar surface area (TPSA) is 174 Å². The minimum Gasteiger partial charge on any atom is -0.463 e. The second-order valence-corrected chi connectivity index (χ2v) is 8.10. The van der Waals surface area contributed by atoms with Gasteiger partial charge in [0, 0.05) is 44.3 Å². The van der Waals surface area contributed by atoms with Gasteiger partial charge < -0.3 is 34.6 Å². The molecular formula is C21H23N5O8. The number of rotatable bonds is 5. The summed E-state index contributed by atoms with van der Waals surface area (Å²) >= 11 is 0. The third-order valence-corrected chi connectivity index (χ3v) is 5.51. The van der Waals surface area contributed by atoms with E-state index in [0.717, 1.165) is 0 Å². The predicted octanol–water partition coefficient (Wildman–Crippen LogP) is 0.397. The summed E-state index contributed by atoms with van der Waals surface area (Å²) in [5, 5.41) is 3.09. The normalized spacial score (nSPS) is 25.8. The van der Waals surface area contributed by atoms with Crippen molar-refractivity contribution in [2.45, 2.75) is 51.7 Å². The summed E-state index contributed by atoms with van der Waals surface area (Å²) in [7, 11) is 0. The monoisotopic (exact) mass is 473 g/mol. The molecule has 1 saturated heterocycles. The number of nitrogens with one attached hydrogen (secondary N) is 1. The van der Waals surface area contributed by atoms with E-state index in [2.05, 4.69) is 15.3 Å². The van der Waals surface area contributed by atoms with Crippen LogP contribution in [0.3, 0.4) is 0 Å². The summed E-state index contributed by atoms with van der Waals surface area (Å²) in [6.07, 6.45) is 0.874. The Labute approximate surface area is 193 Å². The van der Waals surface area contributed by atoms with Gasteiger partial charge in [0.1, 0.15) is 30.5 Å². The first-order chi connectivity index (χ1) is 16.0. The van der Waals surface area contributed by atoms with Crippen LogP contribution in [0.4, 0.5) is 5.82 Å². The fourth-order valence-corrected chi connectivity index (χ4v) is 4.29. The average Bonchev–Trinajstić information content (AvgIpc) is 3.18. The number of hydrogen-bond acceptors (Lipinski definition) is 11. The Morgan fingerprint density at radius 3 is 2.59 bits per heavy atom. The highest BCUT2D eigenvalue weighted by Gasteiger charge is 2.60. The molecule has 3 N–H and O–H groups in total. The van der Waals surface area contributed by atoms with Crippen LogP contribution in [0.1, 0.15) is 39.5 Å². The van der Waals surface area contributed by atoms with Gasteiger partial charge in [0.25, 0.3) is 5.91 Å². The van der Waals surface area contributed by atoms with Crippen LogP contribution in [0, 0.1) is 0 Å². The molecule has 0 aromatic carbocycles. The Bertz CT molecular complexity index is 1240. The van der Waals surface area contributed by atoms with E-state index in [4.69, 9.17) is 24.7 Å². The minimum atomic E-state index is -1.55. The number of hydrogen-bond donors (Lipinski definition) is 2. The Hall–Kier alpha value is -4.00. The van der Waals surface area contributed by atoms with Crippen LogP contribution in [0.2, 0.25) is 0 Å². The van der Waals surface area contributed by atoms with Crippen LogP contribution in [0.15, 0.2) is 18.6 Å². The molecule has 34 heavy (non-hydrogen) atoms. The van der Waals surface area contributed by atoms with Crippen LogP contribution in [-0.2, 0) is 38.1 Å². The number of carbonyl (C=O) groups excluding carboxylic acids is 4. The summed E-state index contributed by atoms with van der Waals surface area (Å²) < 4.78 is 24.0. The largest absolute Gasteiger partial charge is 0.463 e. The number of carbonyl (C=O) groups is 4. The summed E-state index contributed by atoms with van der Waals surface area (Å²) in [6, 6.07) is 0. The van der Waals surface area contributed by atoms with E-state index in [-0.39, 0.29) is 18.1 Å². The third-order valence-electron chi connectivity index (χ3n) is 5.51. The number of anilines is 1. The third kappa shape index (κ3) is 3.94. The number of ether oxygens (including phenoxy) is 4. The van der Waals surface area contributed by atoms with Crippen molar-refractivity contribution in [1.82, 2.24) is 14.5 Å². The first-order valence-electron chi connectivity index (χ1n) is 10.3. The zero-order chi connectivity index (χ0) is 24.8. The van der Waals surface area contributed by atoms with Crippen LogP contribution in [0.25, 0.3) is 16.7 Å². The molecule has 0 radical (unpaired) electrons. The lowest BCUT2D eigenvalue weighted by atomic mass is 9.95. The number of nitrogens with two attached hydrogens (primary N) is 1. The van der Waals surface area contributed by atoms with Gasteiger partial charge in [0.2, 0.25) is 0 Å². The lowest BCUT2D eigenvalue weighted by Gasteiger charge is -2.34. The van der Waals surface area contributed by atoms with Crippen molar-refractivity contribution in [2.24, 2.45) is 5.73 Å². The second-order valence-electron chi connectivity index (χ2n) is 8.10. The molecule has 2 aromatic rings. The number of esters is 3. The second kappa shape index (κ2) is 8.41. The fourth-order valence-electron chi connectivity index (χ4n) is 4.29. The molecule has 4 heterocycles. The molecule has 1 amide bonds. The quantitative estimate of drug-likeness (QED) is 0.454. The highest BCUT2D eigenvalue weighted by atomic mass is 16.7. The smallest absolute Gasteiger partial charge is 0.303 e. The molecule has 1 unspecified atom stereocenters. The fraction of sp³-hybridized carbons (Fsp3) is 0.429. The lowest BCUT2D eigenvalue weighted by Crippen LogP contribution is -2.50. The van der Waals surface area contributed by atoms with Crippen molar-refractivity contribution in [3.63, 3.8) is 0 Å². The maximum Gasteiger partial charge on any atom is 0.303 e. The highest BCUT2D eigenvalue weighted by molar-refractivity contribution is 6.13. The first-order valence-corrected chi connectivity index (χ1v) is 10.3. The molecule has 0 bridgehead atoms. The van der Waals surface area contributed by atoms with Gasteiger partial charge >= 0.3 is 17.9 Å². The number of amides is 1. The van der Waals surface area contributed by atoms with Gasteiger partial charge in [-0.3, -0.25) is 19.2 Å². The minimum absolute atomic E-state index is 0.162. The molecule has 2 aliphatic heterocycles. The van der Waals surface area contributed by atoms with Crippen molar-refractivity contribution in [2.75, 3.05) is 11.9 Å². The summed E-state index contributed by atoms with van der Waals surface area (Å²) in [5.74, 6) is -2.07. The van der Waals surface area contributed by atoms with E-state index < -0.39 is 47.9 Å². The van der Waals surface area contributed by atoms with Crippen molar-refractivity contribution >= 4 is 46.4 Å². The summed E-state index contributed by atoms with van der Waals surface area (Å²) in [4.78, 5) is 56.0. The van der Waals surface area contributed by atoms with Gasteiger partial charge in [-0.1, -0.05) is 0 Å². The first kappa shape index (κ1) is 23.2. The van der Waals surface area contributed by atoms with Crippen LogP contribution in [0.5, 0.6) is 0 Å². The van der Waals surface area contributed by atoms with E-state index in [0.29, 0.717) is 16.6 Å². The van der Waals surface area contributed by atoms with Crippen molar-refractivity contribution in [3.8, 4) is 0 Å². The molecule has 0 aliphatic carbocycles. The molecule has 2 aromatic heterocycles. The Balaban J connectivity index is 1.89. The standard InChI is InChI=1S/C21H23N5O8/c1-9(27)31-7-14-17(32-10(2)28)21(4,34-11(3)29)20(33-14)26-6-12-13(22)5-15(30)25-18-16(12)19(26)24-8-23-18/h5-6,8,14,17,20H,7,22H2,1-4H3,(H,23,24,25,30)/t14-,17-,20-,21?/m1/s1. The van der Waals surface area contributed by atoms with E-state index in [1.54, 1.807) is 17.7 Å². The molecule has 0 spiro atoms. The average molecular weight is 473 g/mol. The molecule has 13 nitrogen and oxygen atoms in total. The molecule has 13 heteroatoms. The molecule has 4 rings (SSSR count). The maximum atomic E-state index is 12.1. The Kier molecular flexibility index (Phi) is 5.73. The van der Waals surface area contributed by atoms with Gasteiger partial charge in [-0.25, -0.2) is 9.97 Å². The zero-order valence-corrected chi connectivity index (χ0v) is 18.9. The van der Waals surface area contributed by atoms with Crippen LogP contribution in [-0.4, -0.2) is 62.8 Å². The molecular weight excluding hydrogens is 450 g/mol. The van der Waals surface area contributed by atoms with E-state index in [9.17, 15) is 19.2 Å². The van der Waals surface area contributed by atoms with Gasteiger partial charge in [0.15, 0.2) is 17.9 Å². The van der Waals surface area contributed by atoms with Gasteiger partial charge in [-0.15, -0.1) is 0 Å². The Morgan fingerprint density at radius 1 is 1.21 bits per heavy atom. The van der Waals surface area contributed by atoms with Gasteiger partial charge in [-0.05, 0) is 6.92 Å². The van der Waals surface area contributed by atoms with Gasteiger partial charge in [0.05, 0.1) is 5.39 Å². The zero-order valence-electron chi connectivity index (χ0n) is 18.9.